The predicted molar refractivity (Wildman–Crippen MR) is 78.5 cm³/mol. The Morgan fingerprint density at radius 3 is 2.10 bits per heavy atom. The number of methoxy groups -OCH3 is 2. The second-order valence-corrected chi connectivity index (χ2v) is 4.64. The van der Waals surface area contributed by atoms with Crippen molar-refractivity contribution >= 4 is 0 Å². The Hall–Kier alpha value is -0.620. The highest BCUT2D eigenvalue weighted by Crippen LogP contribution is 2.17. The van der Waals surface area contributed by atoms with Crippen molar-refractivity contribution in [1.29, 1.82) is 0 Å². The monoisotopic (exact) mass is 290 g/mol. The Bertz CT molecular complexity index is 240. The molecule has 0 aromatic rings. The minimum absolute atomic E-state index is 0.418. The molecule has 2 atom stereocenters. The summed E-state index contributed by atoms with van der Waals surface area (Å²) in [4.78, 5) is 0. The van der Waals surface area contributed by atoms with Gasteiger partial charge in [0, 0.05) is 20.8 Å². The van der Waals surface area contributed by atoms with Crippen LogP contribution in [0.4, 0.5) is 0 Å². The Morgan fingerprint density at radius 2 is 1.60 bits per heavy atom. The van der Waals surface area contributed by atoms with Crippen molar-refractivity contribution in [3.63, 3.8) is 0 Å². The van der Waals surface area contributed by atoms with E-state index in [1.54, 1.807) is 0 Å². The Labute approximate surface area is 122 Å². The van der Waals surface area contributed by atoms with Crippen LogP contribution in [0, 0.1) is 0 Å². The van der Waals surface area contributed by atoms with Gasteiger partial charge in [-0.25, -0.2) is 0 Å². The molecule has 5 heteroatoms. The van der Waals surface area contributed by atoms with E-state index in [4.69, 9.17) is 18.9 Å². The van der Waals surface area contributed by atoms with Crippen LogP contribution in [-0.2, 0) is 18.9 Å². The van der Waals surface area contributed by atoms with Crippen LogP contribution in [-0.4, -0.2) is 51.0 Å². The van der Waals surface area contributed by atoms with E-state index in [2.05, 4.69) is 20.4 Å². The second kappa shape index (κ2) is 12.1. The summed E-state index contributed by atoms with van der Waals surface area (Å²) in [5.41, 5.74) is 0. The normalized spacial score (nSPS) is 14.3. The minimum atomic E-state index is -0.976. The first-order chi connectivity index (χ1) is 9.62. The van der Waals surface area contributed by atoms with Crippen molar-refractivity contribution in [3.8, 4) is 0 Å². The molecule has 0 aromatic carbocycles. The van der Waals surface area contributed by atoms with E-state index < -0.39 is 18.5 Å². The van der Waals surface area contributed by atoms with Crippen LogP contribution in [0.15, 0.2) is 12.3 Å². The molecule has 0 rings (SSSR count). The van der Waals surface area contributed by atoms with Gasteiger partial charge in [-0.15, -0.1) is 0 Å². The molecule has 2 unspecified atom stereocenters. The summed E-state index contributed by atoms with van der Waals surface area (Å²) in [5, 5.41) is 10.3. The number of aliphatic hydroxyl groups is 1. The van der Waals surface area contributed by atoms with E-state index in [1.165, 1.54) is 14.2 Å². The molecule has 0 aliphatic heterocycles. The molecule has 0 aliphatic carbocycles. The summed E-state index contributed by atoms with van der Waals surface area (Å²) >= 11 is 0. The Morgan fingerprint density at radius 1 is 1.05 bits per heavy atom. The molecule has 0 spiro atoms. The first-order valence-corrected chi connectivity index (χ1v) is 7.29. The summed E-state index contributed by atoms with van der Waals surface area (Å²) in [5.74, 6) is 0.418. The van der Waals surface area contributed by atoms with Gasteiger partial charge in [0.25, 0.3) is 0 Å². The lowest BCUT2D eigenvalue weighted by Gasteiger charge is -2.29. The fourth-order valence-corrected chi connectivity index (χ4v) is 1.68. The maximum absolute atomic E-state index is 10.3. The van der Waals surface area contributed by atoms with Gasteiger partial charge >= 0.3 is 0 Å². The zero-order valence-electron chi connectivity index (χ0n) is 13.3. The number of ether oxygens (including phenoxy) is 4. The highest BCUT2D eigenvalue weighted by molar-refractivity contribution is 4.98. The summed E-state index contributed by atoms with van der Waals surface area (Å²) in [6.07, 6.45) is 1.51. The van der Waals surface area contributed by atoms with Gasteiger partial charge in [0.1, 0.15) is 18.0 Å². The van der Waals surface area contributed by atoms with Crippen LogP contribution in [0.3, 0.4) is 0 Å². The first-order valence-electron chi connectivity index (χ1n) is 7.29. The fraction of sp³-hybridized carbons (Fsp3) is 0.867. The number of rotatable bonds is 13. The molecule has 0 aromatic heterocycles. The Balaban J connectivity index is 4.55. The largest absolute Gasteiger partial charge is 0.496 e. The van der Waals surface area contributed by atoms with E-state index in [-0.39, 0.29) is 0 Å². The van der Waals surface area contributed by atoms with E-state index in [9.17, 15) is 5.11 Å². The highest BCUT2D eigenvalue weighted by atomic mass is 16.7. The van der Waals surface area contributed by atoms with Crippen molar-refractivity contribution in [2.75, 3.05) is 27.4 Å². The third-order valence-electron chi connectivity index (χ3n) is 2.95. The Kier molecular flexibility index (Phi) is 11.8. The molecule has 0 aliphatic rings. The second-order valence-electron chi connectivity index (χ2n) is 4.64. The lowest BCUT2D eigenvalue weighted by molar-refractivity contribution is -0.197. The maximum atomic E-state index is 10.3. The van der Waals surface area contributed by atoms with Crippen LogP contribution >= 0.6 is 0 Å². The van der Waals surface area contributed by atoms with Crippen molar-refractivity contribution in [2.24, 2.45) is 0 Å². The van der Waals surface area contributed by atoms with Gasteiger partial charge in [-0.2, -0.15) is 0 Å². The molecule has 0 saturated carbocycles. The molecule has 20 heavy (non-hydrogen) atoms. The molecule has 0 saturated heterocycles. The van der Waals surface area contributed by atoms with Gasteiger partial charge in [0.15, 0.2) is 6.29 Å². The van der Waals surface area contributed by atoms with Gasteiger partial charge < -0.3 is 24.1 Å². The summed E-state index contributed by atoms with van der Waals surface area (Å²) in [6, 6.07) is 0. The van der Waals surface area contributed by atoms with Crippen molar-refractivity contribution in [2.45, 2.75) is 58.0 Å². The quantitative estimate of drug-likeness (QED) is 0.321. The minimum Gasteiger partial charge on any atom is -0.496 e. The molecule has 0 radical (unpaired) electrons. The standard InChI is InChI=1S/C15H30O5/c1-6-8-10-19-12(3)14(20-11-9-7-2)13(16)15(17-4)18-5/h13-16H,3,6-11H2,1-2,4-5H3. The van der Waals surface area contributed by atoms with Crippen LogP contribution in [0.1, 0.15) is 39.5 Å². The molecule has 0 fully saturated rings. The summed E-state index contributed by atoms with van der Waals surface area (Å²) < 4.78 is 21.4. The van der Waals surface area contributed by atoms with E-state index in [0.29, 0.717) is 19.0 Å². The van der Waals surface area contributed by atoms with Gasteiger partial charge in [0.05, 0.1) is 6.61 Å². The summed E-state index contributed by atoms with van der Waals surface area (Å²) in [6.45, 7) is 9.13. The number of unbranched alkanes of at least 4 members (excludes halogenated alkanes) is 2. The van der Waals surface area contributed by atoms with Crippen molar-refractivity contribution in [3.05, 3.63) is 12.3 Å². The third-order valence-corrected chi connectivity index (χ3v) is 2.95. The molecule has 120 valence electrons. The fourth-order valence-electron chi connectivity index (χ4n) is 1.68. The van der Waals surface area contributed by atoms with Crippen molar-refractivity contribution < 1.29 is 24.1 Å². The number of aliphatic hydroxyl groups excluding tert-OH is 1. The summed E-state index contributed by atoms with van der Waals surface area (Å²) in [7, 11) is 2.95. The van der Waals surface area contributed by atoms with Crippen molar-refractivity contribution in [1.82, 2.24) is 0 Å². The maximum Gasteiger partial charge on any atom is 0.185 e. The molecule has 0 heterocycles. The predicted octanol–water partition coefficient (Wildman–Crippen LogP) is 2.48. The van der Waals surface area contributed by atoms with Gasteiger partial charge in [-0.3, -0.25) is 0 Å². The molecule has 0 bridgehead atoms. The van der Waals surface area contributed by atoms with E-state index >= 15 is 0 Å². The number of hydrogen-bond donors (Lipinski definition) is 1. The lowest BCUT2D eigenvalue weighted by atomic mass is 10.1. The SMILES string of the molecule is C=C(OCCCC)C(OCCCC)C(O)C(OC)OC. The first kappa shape index (κ1) is 19.4. The highest BCUT2D eigenvalue weighted by Gasteiger charge is 2.31. The molecular formula is C15H30O5. The average Bonchev–Trinajstić information content (AvgIpc) is 2.45. The zero-order chi connectivity index (χ0) is 15.4. The molecule has 5 nitrogen and oxygen atoms in total. The average molecular weight is 290 g/mol. The molecular weight excluding hydrogens is 260 g/mol. The van der Waals surface area contributed by atoms with E-state index in [0.717, 1.165) is 25.7 Å². The molecule has 1 N–H and O–H groups in total. The van der Waals surface area contributed by atoms with Gasteiger partial charge in [-0.1, -0.05) is 33.3 Å². The topological polar surface area (TPSA) is 57.2 Å². The zero-order valence-corrected chi connectivity index (χ0v) is 13.3. The van der Waals surface area contributed by atoms with Crippen LogP contribution in [0.25, 0.3) is 0 Å². The van der Waals surface area contributed by atoms with Gasteiger partial charge in [0.2, 0.25) is 0 Å². The molecule has 0 amide bonds. The van der Waals surface area contributed by atoms with Crippen LogP contribution in [0.2, 0.25) is 0 Å². The van der Waals surface area contributed by atoms with Gasteiger partial charge in [-0.05, 0) is 12.8 Å². The lowest BCUT2D eigenvalue weighted by Crippen LogP contribution is -2.42. The third kappa shape index (κ3) is 7.24. The van der Waals surface area contributed by atoms with E-state index in [1.807, 2.05) is 0 Å². The number of hydrogen-bond acceptors (Lipinski definition) is 5. The smallest absolute Gasteiger partial charge is 0.185 e. The van der Waals surface area contributed by atoms with Crippen LogP contribution < -0.4 is 0 Å². The van der Waals surface area contributed by atoms with Crippen LogP contribution in [0.5, 0.6) is 0 Å².